The first-order valence-electron chi connectivity index (χ1n) is 17.6. The highest BCUT2D eigenvalue weighted by Crippen LogP contribution is 2.41. The fraction of sp³-hybridized carbons (Fsp3) is 0.694. The van der Waals surface area contributed by atoms with Gasteiger partial charge in [0.15, 0.2) is 0 Å². The van der Waals surface area contributed by atoms with Crippen molar-refractivity contribution in [1.29, 1.82) is 0 Å². The molecule has 1 aromatic carbocycles. The zero-order valence-corrected chi connectivity index (χ0v) is 27.7. The van der Waals surface area contributed by atoms with Crippen LogP contribution in [0.5, 0.6) is 0 Å². The van der Waals surface area contributed by atoms with E-state index in [9.17, 15) is 18.8 Å². The number of nitrogens with one attached hydrogen (secondary N) is 1. The fourth-order valence-corrected chi connectivity index (χ4v) is 8.23. The maximum atomic E-state index is 14.1. The van der Waals surface area contributed by atoms with Gasteiger partial charge < -0.3 is 30.0 Å². The van der Waals surface area contributed by atoms with Crippen molar-refractivity contribution >= 4 is 34.4 Å². The number of alkyl halides is 1. The number of esters is 1. The van der Waals surface area contributed by atoms with Crippen LogP contribution in [0.3, 0.4) is 0 Å². The standard InChI is InChI=1S/C36H53FN4O5/c1-3-45-20-7-21-46-36(44)32-23-27-22-28(14-15-31(27)40(32)2)39-34(42)33-29(24-8-5-4-6-9-24)17-19-41(33)35(43)26-12-10-25(11-13-26)30(38)16-18-37/h14-15,22-26,29-30,33H,3-13,16-21,38H2,1-2H3,(H,39,42)/t25-,26-,29-,30+,33-/m0/s1. The molecule has 1 saturated heterocycles. The average molecular weight is 641 g/mol. The van der Waals surface area contributed by atoms with E-state index in [1.807, 2.05) is 41.6 Å². The summed E-state index contributed by atoms with van der Waals surface area (Å²) < 4.78 is 25.5. The third kappa shape index (κ3) is 7.93. The molecule has 46 heavy (non-hydrogen) atoms. The number of halogens is 1. The topological polar surface area (TPSA) is 116 Å². The maximum Gasteiger partial charge on any atom is 0.354 e. The SMILES string of the molecule is CCOCCCOC(=O)c1cc2cc(NC(=O)[C@@H]3[C@H](C4CCCCC4)CCN3C(=O)[C@H]3CC[C@H]([C@H](N)CCF)CC3)ccc2n1C. The van der Waals surface area contributed by atoms with E-state index >= 15 is 0 Å². The van der Waals surface area contributed by atoms with Gasteiger partial charge in [-0.1, -0.05) is 32.1 Å². The van der Waals surface area contributed by atoms with Gasteiger partial charge in [0.2, 0.25) is 11.8 Å². The molecule has 5 rings (SSSR count). The lowest BCUT2D eigenvalue weighted by Gasteiger charge is -2.37. The largest absolute Gasteiger partial charge is 0.461 e. The summed E-state index contributed by atoms with van der Waals surface area (Å²) in [6.07, 6.45) is 10.8. The lowest BCUT2D eigenvalue weighted by atomic mass is 9.76. The minimum absolute atomic E-state index is 0.0823. The number of fused-ring (bicyclic) bond motifs is 1. The third-order valence-corrected chi connectivity index (χ3v) is 10.8. The lowest BCUT2D eigenvalue weighted by molar-refractivity contribution is -0.142. The number of nitrogens with two attached hydrogens (primary N) is 1. The van der Waals surface area contributed by atoms with Gasteiger partial charge in [-0.05, 0) is 87.5 Å². The Morgan fingerprint density at radius 3 is 2.50 bits per heavy atom. The molecule has 1 aliphatic heterocycles. The van der Waals surface area contributed by atoms with Crippen LogP contribution in [0.2, 0.25) is 0 Å². The Morgan fingerprint density at radius 1 is 1.02 bits per heavy atom. The van der Waals surface area contributed by atoms with Crippen molar-refractivity contribution in [2.45, 2.75) is 96.1 Å². The number of carbonyl (C=O) groups is 3. The molecule has 0 bridgehead atoms. The highest BCUT2D eigenvalue weighted by molar-refractivity contribution is 6.01. The molecule has 3 fully saturated rings. The smallest absolute Gasteiger partial charge is 0.354 e. The number of hydrogen-bond acceptors (Lipinski definition) is 6. The van der Waals surface area contributed by atoms with Crippen LogP contribution in [0.15, 0.2) is 24.3 Å². The quantitative estimate of drug-likeness (QED) is 0.205. The number of nitrogens with zero attached hydrogens (tertiary/aromatic N) is 2. The first-order chi connectivity index (χ1) is 22.3. The Balaban J connectivity index is 1.29. The van der Waals surface area contributed by atoms with Crippen LogP contribution in [0.25, 0.3) is 10.9 Å². The molecule has 0 unspecified atom stereocenters. The molecule has 0 spiro atoms. The Bertz CT molecular complexity index is 1330. The molecule has 3 aliphatic rings. The number of rotatable bonds is 13. The van der Waals surface area contributed by atoms with Crippen molar-refractivity contribution in [3.63, 3.8) is 0 Å². The summed E-state index contributed by atoms with van der Waals surface area (Å²) in [6.45, 7) is 3.59. The first-order valence-corrected chi connectivity index (χ1v) is 17.6. The second-order valence-corrected chi connectivity index (χ2v) is 13.6. The molecule has 2 saturated carbocycles. The normalized spacial score (nSPS) is 24.7. The minimum atomic E-state index is -0.504. The van der Waals surface area contributed by atoms with Gasteiger partial charge in [-0.2, -0.15) is 0 Å². The molecule has 3 N–H and O–H groups in total. The van der Waals surface area contributed by atoms with Gasteiger partial charge in [0, 0.05) is 61.8 Å². The predicted molar refractivity (Wildman–Crippen MR) is 177 cm³/mol. The van der Waals surface area contributed by atoms with Crippen LogP contribution in [0, 0.1) is 23.7 Å². The van der Waals surface area contributed by atoms with E-state index in [0.717, 1.165) is 55.8 Å². The van der Waals surface area contributed by atoms with Gasteiger partial charge in [-0.3, -0.25) is 14.0 Å². The molecule has 2 heterocycles. The van der Waals surface area contributed by atoms with E-state index in [-0.39, 0.29) is 42.2 Å². The van der Waals surface area contributed by atoms with Gasteiger partial charge in [0.05, 0.1) is 13.3 Å². The number of hydrogen-bond donors (Lipinski definition) is 2. The molecule has 0 radical (unpaired) electrons. The maximum absolute atomic E-state index is 14.1. The summed E-state index contributed by atoms with van der Waals surface area (Å²) in [6, 6.07) is 6.78. The molecule has 2 aliphatic carbocycles. The first kappa shape index (κ1) is 34.4. The molecular weight excluding hydrogens is 587 g/mol. The molecule has 10 heteroatoms. The Labute approximate surface area is 272 Å². The van der Waals surface area contributed by atoms with E-state index in [0.29, 0.717) is 49.9 Å². The van der Waals surface area contributed by atoms with E-state index in [1.165, 1.54) is 19.3 Å². The molecule has 1 aromatic heterocycles. The number of aromatic nitrogens is 1. The van der Waals surface area contributed by atoms with Gasteiger partial charge in [-0.25, -0.2) is 4.79 Å². The van der Waals surface area contributed by atoms with Crippen LogP contribution in [0.1, 0.15) is 94.5 Å². The minimum Gasteiger partial charge on any atom is -0.461 e. The van der Waals surface area contributed by atoms with Gasteiger partial charge >= 0.3 is 5.97 Å². The molecule has 254 valence electrons. The monoisotopic (exact) mass is 640 g/mol. The van der Waals surface area contributed by atoms with Crippen molar-refractivity contribution in [1.82, 2.24) is 9.47 Å². The summed E-state index contributed by atoms with van der Waals surface area (Å²) in [5, 5.41) is 3.98. The lowest BCUT2D eigenvalue weighted by Crippen LogP contribution is -2.50. The van der Waals surface area contributed by atoms with Gasteiger partial charge in [-0.15, -0.1) is 0 Å². The number of amides is 2. The van der Waals surface area contributed by atoms with E-state index < -0.39 is 18.7 Å². The number of anilines is 1. The summed E-state index contributed by atoms with van der Waals surface area (Å²) in [7, 11) is 1.83. The highest BCUT2D eigenvalue weighted by Gasteiger charge is 2.47. The van der Waals surface area contributed by atoms with E-state index in [2.05, 4.69) is 5.32 Å². The van der Waals surface area contributed by atoms with Crippen LogP contribution in [0.4, 0.5) is 10.1 Å². The van der Waals surface area contributed by atoms with Crippen LogP contribution >= 0.6 is 0 Å². The van der Waals surface area contributed by atoms with Crippen molar-refractivity contribution in [2.24, 2.45) is 36.5 Å². The Hall–Kier alpha value is -2.98. The van der Waals surface area contributed by atoms with Crippen molar-refractivity contribution in [2.75, 3.05) is 38.4 Å². The number of carbonyl (C=O) groups excluding carboxylic acids is 3. The summed E-state index contributed by atoms with van der Waals surface area (Å²) in [5.74, 6) is 0.270. The molecule has 3 atom stereocenters. The summed E-state index contributed by atoms with van der Waals surface area (Å²) in [5.41, 5.74) is 8.16. The average Bonchev–Trinajstić information content (AvgIpc) is 3.66. The zero-order chi connectivity index (χ0) is 32.6. The summed E-state index contributed by atoms with van der Waals surface area (Å²) in [4.78, 5) is 42.8. The van der Waals surface area contributed by atoms with Crippen LogP contribution in [-0.4, -0.2) is 72.4 Å². The Morgan fingerprint density at radius 2 is 1.78 bits per heavy atom. The number of likely N-dealkylation sites (tertiary alicyclic amines) is 1. The van der Waals surface area contributed by atoms with E-state index in [1.54, 1.807) is 6.07 Å². The van der Waals surface area contributed by atoms with Crippen molar-refractivity contribution in [3.05, 3.63) is 30.0 Å². The molecule has 2 aromatic rings. The van der Waals surface area contributed by atoms with Crippen molar-refractivity contribution in [3.8, 4) is 0 Å². The molecule has 2 amide bonds. The highest BCUT2D eigenvalue weighted by atomic mass is 19.1. The zero-order valence-electron chi connectivity index (χ0n) is 27.7. The number of ether oxygens (including phenoxy) is 2. The molecule has 9 nitrogen and oxygen atoms in total. The van der Waals surface area contributed by atoms with Crippen molar-refractivity contribution < 1.29 is 28.2 Å². The predicted octanol–water partition coefficient (Wildman–Crippen LogP) is 5.99. The Kier molecular flexibility index (Phi) is 12.1. The fourth-order valence-electron chi connectivity index (χ4n) is 8.23. The number of benzene rings is 1. The van der Waals surface area contributed by atoms with Gasteiger partial charge in [0.25, 0.3) is 0 Å². The van der Waals surface area contributed by atoms with Crippen LogP contribution < -0.4 is 11.1 Å². The van der Waals surface area contributed by atoms with Gasteiger partial charge in [0.1, 0.15) is 11.7 Å². The second kappa shape index (κ2) is 16.2. The van der Waals surface area contributed by atoms with Crippen LogP contribution in [-0.2, 0) is 26.1 Å². The second-order valence-electron chi connectivity index (χ2n) is 13.6. The van der Waals surface area contributed by atoms with E-state index in [4.69, 9.17) is 15.2 Å². The third-order valence-electron chi connectivity index (χ3n) is 10.8. The molecular formula is C36H53FN4O5. The summed E-state index contributed by atoms with van der Waals surface area (Å²) >= 11 is 0. The number of aryl methyl sites for hydroxylation is 1.